The highest BCUT2D eigenvalue weighted by Crippen LogP contribution is 2.46. The van der Waals surface area contributed by atoms with E-state index in [4.69, 9.17) is 9.72 Å². The van der Waals surface area contributed by atoms with Crippen LogP contribution >= 0.6 is 0 Å². The number of morpholine rings is 1. The monoisotopic (exact) mass is 536 g/mol. The Morgan fingerprint density at radius 2 is 1.79 bits per heavy atom. The number of nitrogens with one attached hydrogen (secondary N) is 1. The molecule has 2 unspecified atom stereocenters. The predicted octanol–water partition coefficient (Wildman–Crippen LogP) is 4.84. The average Bonchev–Trinajstić information content (AvgIpc) is 2.88. The number of rotatable bonds is 4. The molecule has 2 aromatic heterocycles. The van der Waals surface area contributed by atoms with Crippen molar-refractivity contribution < 1.29 is 18.3 Å². The molecular weight excluding hydrogens is 502 g/mol. The van der Waals surface area contributed by atoms with E-state index in [1.54, 1.807) is 12.1 Å². The van der Waals surface area contributed by atoms with Crippen LogP contribution in [0.15, 0.2) is 41.3 Å². The summed E-state index contributed by atoms with van der Waals surface area (Å²) in [7, 11) is 0. The molecule has 1 aliphatic heterocycles. The third-order valence-corrected chi connectivity index (χ3v) is 8.62. The lowest BCUT2D eigenvalue weighted by Crippen LogP contribution is -2.53. The van der Waals surface area contributed by atoms with Gasteiger partial charge in [-0.3, -0.25) is 14.2 Å². The number of amides is 1. The number of fused-ring (bicyclic) bond motifs is 3. The summed E-state index contributed by atoms with van der Waals surface area (Å²) in [6, 6.07) is 6.61. The van der Waals surface area contributed by atoms with Gasteiger partial charge in [0.25, 0.3) is 5.91 Å². The third-order valence-electron chi connectivity index (χ3n) is 8.62. The number of nitrogens with zero attached hydrogens (tertiary/aromatic N) is 3. The zero-order valence-electron chi connectivity index (χ0n) is 22.4. The van der Waals surface area contributed by atoms with Crippen LogP contribution < -0.4 is 15.6 Å². The molecule has 1 saturated heterocycles. The molecule has 3 fully saturated rings. The van der Waals surface area contributed by atoms with Crippen LogP contribution in [0.1, 0.15) is 56.3 Å². The van der Waals surface area contributed by atoms with E-state index < -0.39 is 28.5 Å². The molecule has 39 heavy (non-hydrogen) atoms. The molecule has 2 bridgehead atoms. The van der Waals surface area contributed by atoms with Crippen molar-refractivity contribution in [2.75, 3.05) is 31.2 Å². The van der Waals surface area contributed by atoms with Crippen molar-refractivity contribution in [3.8, 4) is 5.69 Å². The minimum Gasteiger partial charge on any atom is -0.378 e. The number of halogens is 2. The fraction of sp³-hybridized carbons (Fsp3) is 0.500. The Hall–Kier alpha value is -3.33. The van der Waals surface area contributed by atoms with Crippen LogP contribution in [0.3, 0.4) is 0 Å². The highest BCUT2D eigenvalue weighted by molar-refractivity contribution is 5.97. The normalized spacial score (nSPS) is 27.0. The van der Waals surface area contributed by atoms with E-state index in [0.717, 1.165) is 37.8 Å². The molecule has 3 aromatic rings. The molecule has 3 aliphatic rings. The standard InChI is InChI=1S/C30H34F2N4O3/c1-18-11-19-13-20(12-18)16-30(2,15-19)34-29(38)23-17-36(25-5-3-21(31)14-24(25)32)28-22(27(23)37)4-6-26(33-28)35-7-9-39-10-8-35/h3-6,14,17-20H,7-13,15-16H2,1-2H3,(H,34,38). The van der Waals surface area contributed by atoms with Crippen molar-refractivity contribution in [1.82, 2.24) is 14.9 Å². The summed E-state index contributed by atoms with van der Waals surface area (Å²) >= 11 is 0. The number of anilines is 1. The quantitative estimate of drug-likeness (QED) is 0.517. The van der Waals surface area contributed by atoms with Crippen LogP contribution in [0, 0.1) is 29.4 Å². The zero-order chi connectivity index (χ0) is 27.3. The zero-order valence-corrected chi connectivity index (χ0v) is 22.4. The van der Waals surface area contributed by atoms with Gasteiger partial charge in [-0.05, 0) is 81.0 Å². The van der Waals surface area contributed by atoms with E-state index >= 15 is 4.39 Å². The maximum atomic E-state index is 15.1. The average molecular weight is 537 g/mol. The summed E-state index contributed by atoms with van der Waals surface area (Å²) in [6.07, 6.45) is 6.61. The molecular formula is C30H34F2N4O3. The Bertz CT molecular complexity index is 1470. The van der Waals surface area contributed by atoms with E-state index in [9.17, 15) is 14.0 Å². The highest BCUT2D eigenvalue weighted by Gasteiger charge is 2.42. The fourth-order valence-corrected chi connectivity index (χ4v) is 7.22. The van der Waals surface area contributed by atoms with Crippen LogP contribution in [-0.4, -0.2) is 47.3 Å². The van der Waals surface area contributed by atoms with Crippen molar-refractivity contribution in [3.63, 3.8) is 0 Å². The van der Waals surface area contributed by atoms with E-state index in [0.29, 0.717) is 49.9 Å². The third kappa shape index (κ3) is 5.04. The smallest absolute Gasteiger partial charge is 0.257 e. The van der Waals surface area contributed by atoms with Gasteiger partial charge in [-0.15, -0.1) is 0 Å². The van der Waals surface area contributed by atoms with Crippen molar-refractivity contribution in [2.45, 2.75) is 51.5 Å². The highest BCUT2D eigenvalue weighted by atomic mass is 19.1. The number of hydrogen-bond donors (Lipinski definition) is 1. The van der Waals surface area contributed by atoms with Gasteiger partial charge in [0, 0.05) is 30.9 Å². The molecule has 2 atom stereocenters. The number of benzene rings is 1. The number of carbonyl (C=O) groups is 1. The molecule has 1 aromatic carbocycles. The van der Waals surface area contributed by atoms with Crippen LogP contribution in [0.5, 0.6) is 0 Å². The largest absolute Gasteiger partial charge is 0.378 e. The second-order valence-electron chi connectivity index (χ2n) is 11.9. The van der Waals surface area contributed by atoms with Crippen molar-refractivity contribution in [3.05, 3.63) is 63.9 Å². The molecule has 0 radical (unpaired) electrons. The van der Waals surface area contributed by atoms with Gasteiger partial charge in [0.15, 0.2) is 5.65 Å². The van der Waals surface area contributed by atoms with Gasteiger partial charge in [-0.25, -0.2) is 13.8 Å². The molecule has 9 heteroatoms. The SMILES string of the molecule is CC1CC2CC(C1)CC(C)(NC(=O)c1cn(-c3ccc(F)cc3F)c3nc(N4CCOCC4)ccc3c1=O)C2. The lowest BCUT2D eigenvalue weighted by atomic mass is 9.62. The second kappa shape index (κ2) is 10.0. The predicted molar refractivity (Wildman–Crippen MR) is 145 cm³/mol. The van der Waals surface area contributed by atoms with Gasteiger partial charge in [-0.1, -0.05) is 6.92 Å². The number of hydrogen-bond acceptors (Lipinski definition) is 5. The van der Waals surface area contributed by atoms with Gasteiger partial charge in [0.2, 0.25) is 5.43 Å². The molecule has 3 heterocycles. The first-order chi connectivity index (χ1) is 18.7. The van der Waals surface area contributed by atoms with Gasteiger partial charge in [-0.2, -0.15) is 0 Å². The van der Waals surface area contributed by atoms with E-state index in [1.807, 2.05) is 4.90 Å². The van der Waals surface area contributed by atoms with Crippen LogP contribution in [-0.2, 0) is 4.74 Å². The van der Waals surface area contributed by atoms with E-state index in [1.165, 1.54) is 23.3 Å². The summed E-state index contributed by atoms with van der Waals surface area (Å²) in [5, 5.41) is 3.37. The Morgan fingerprint density at radius 3 is 2.49 bits per heavy atom. The van der Waals surface area contributed by atoms with Crippen LogP contribution in [0.4, 0.5) is 14.6 Å². The van der Waals surface area contributed by atoms with Gasteiger partial charge < -0.3 is 15.0 Å². The summed E-state index contributed by atoms with van der Waals surface area (Å²) < 4.78 is 35.7. The number of pyridine rings is 2. The molecule has 7 nitrogen and oxygen atoms in total. The minimum absolute atomic E-state index is 0.00877. The summed E-state index contributed by atoms with van der Waals surface area (Å²) in [5.74, 6) is 0.421. The Balaban J connectivity index is 1.42. The molecule has 1 amide bonds. The molecule has 1 N–H and O–H groups in total. The fourth-order valence-electron chi connectivity index (χ4n) is 7.22. The molecule has 2 saturated carbocycles. The summed E-state index contributed by atoms with van der Waals surface area (Å²) in [6.45, 7) is 6.73. The van der Waals surface area contributed by atoms with E-state index in [2.05, 4.69) is 19.2 Å². The van der Waals surface area contributed by atoms with E-state index in [-0.39, 0.29) is 22.3 Å². The van der Waals surface area contributed by atoms with Gasteiger partial charge in [0.05, 0.1) is 24.3 Å². The molecule has 0 spiro atoms. The van der Waals surface area contributed by atoms with Crippen molar-refractivity contribution >= 4 is 22.8 Å². The lowest BCUT2D eigenvalue weighted by Gasteiger charge is -2.47. The van der Waals surface area contributed by atoms with Gasteiger partial charge >= 0.3 is 0 Å². The maximum absolute atomic E-state index is 15.1. The minimum atomic E-state index is -0.814. The first-order valence-corrected chi connectivity index (χ1v) is 13.9. The Labute approximate surface area is 226 Å². The number of aromatic nitrogens is 2. The topological polar surface area (TPSA) is 76.5 Å². The molecule has 6 rings (SSSR count). The molecule has 206 valence electrons. The Morgan fingerprint density at radius 1 is 1.08 bits per heavy atom. The first kappa shape index (κ1) is 25.9. The summed E-state index contributed by atoms with van der Waals surface area (Å²) in [4.78, 5) is 34.1. The summed E-state index contributed by atoms with van der Waals surface area (Å²) in [5.41, 5.74) is -0.753. The number of carbonyl (C=O) groups excluding carboxylic acids is 1. The second-order valence-corrected chi connectivity index (χ2v) is 11.9. The maximum Gasteiger partial charge on any atom is 0.257 e. The van der Waals surface area contributed by atoms with Gasteiger partial charge in [0.1, 0.15) is 23.0 Å². The molecule has 2 aliphatic carbocycles. The number of ether oxygens (including phenoxy) is 1. The lowest BCUT2D eigenvalue weighted by molar-refractivity contribution is 0.0614. The van der Waals surface area contributed by atoms with Crippen LogP contribution in [0.2, 0.25) is 0 Å². The first-order valence-electron chi connectivity index (χ1n) is 13.9. The van der Waals surface area contributed by atoms with Crippen molar-refractivity contribution in [1.29, 1.82) is 0 Å². The Kier molecular flexibility index (Phi) is 6.65. The van der Waals surface area contributed by atoms with Crippen molar-refractivity contribution in [2.24, 2.45) is 17.8 Å². The van der Waals surface area contributed by atoms with Crippen LogP contribution in [0.25, 0.3) is 16.7 Å².